The Morgan fingerprint density at radius 1 is 1.40 bits per heavy atom. The van der Waals surface area contributed by atoms with Crippen molar-refractivity contribution in [1.29, 1.82) is 0 Å². The Morgan fingerprint density at radius 3 is 2.92 bits per heavy atom. The lowest BCUT2D eigenvalue weighted by molar-refractivity contribution is -0.130. The van der Waals surface area contributed by atoms with Crippen LogP contribution in [0.15, 0.2) is 23.4 Å². The number of halogens is 2. The average molecular weight is 400 g/mol. The molecule has 1 aliphatic heterocycles. The summed E-state index contributed by atoms with van der Waals surface area (Å²) < 4.78 is 1.35. The van der Waals surface area contributed by atoms with Crippen LogP contribution in [0.25, 0.3) is 11.4 Å². The maximum absolute atomic E-state index is 12.4. The molecule has 2 N–H and O–H groups in total. The summed E-state index contributed by atoms with van der Waals surface area (Å²) >= 11 is 13.4. The molecule has 2 heterocycles. The van der Waals surface area contributed by atoms with Gasteiger partial charge >= 0.3 is 0 Å². The molecule has 1 fully saturated rings. The van der Waals surface area contributed by atoms with E-state index >= 15 is 0 Å². The van der Waals surface area contributed by atoms with Gasteiger partial charge in [0.2, 0.25) is 11.1 Å². The zero-order valence-corrected chi connectivity index (χ0v) is 16.1. The minimum atomic E-state index is 0.102. The molecule has 0 bridgehead atoms. The molecule has 1 amide bonds. The van der Waals surface area contributed by atoms with E-state index in [1.165, 1.54) is 22.9 Å². The first-order chi connectivity index (χ1) is 12.0. The molecular weight excluding hydrogens is 381 g/mol. The van der Waals surface area contributed by atoms with Gasteiger partial charge < -0.3 is 10.7 Å². The fourth-order valence-corrected chi connectivity index (χ4v) is 4.12. The molecular formula is C16H19Cl2N5OS. The zero-order valence-electron chi connectivity index (χ0n) is 13.8. The third kappa shape index (κ3) is 4.22. The van der Waals surface area contributed by atoms with Crippen molar-refractivity contribution in [2.45, 2.75) is 24.9 Å². The van der Waals surface area contributed by atoms with Crippen molar-refractivity contribution in [3.05, 3.63) is 28.2 Å². The van der Waals surface area contributed by atoms with Crippen LogP contribution in [-0.2, 0) is 4.79 Å². The van der Waals surface area contributed by atoms with Crippen molar-refractivity contribution in [3.63, 3.8) is 0 Å². The summed E-state index contributed by atoms with van der Waals surface area (Å²) in [6.07, 6.45) is 2.24. The molecule has 0 unspecified atom stereocenters. The van der Waals surface area contributed by atoms with E-state index in [4.69, 9.17) is 29.0 Å². The lowest BCUT2D eigenvalue weighted by Crippen LogP contribution is -2.40. The van der Waals surface area contributed by atoms with Crippen molar-refractivity contribution in [2.24, 2.45) is 5.92 Å². The van der Waals surface area contributed by atoms with Crippen LogP contribution in [0.3, 0.4) is 0 Å². The van der Waals surface area contributed by atoms with Crippen LogP contribution in [0, 0.1) is 5.92 Å². The molecule has 3 rings (SSSR count). The summed E-state index contributed by atoms with van der Waals surface area (Å²) in [5.74, 6) is 7.46. The molecule has 25 heavy (non-hydrogen) atoms. The summed E-state index contributed by atoms with van der Waals surface area (Å²) in [4.78, 5) is 14.3. The number of nitrogens with zero attached hydrogens (tertiary/aromatic N) is 4. The molecule has 0 spiro atoms. The number of benzene rings is 1. The van der Waals surface area contributed by atoms with Crippen molar-refractivity contribution < 1.29 is 4.79 Å². The quantitative estimate of drug-likeness (QED) is 0.630. The van der Waals surface area contributed by atoms with E-state index in [1.807, 2.05) is 4.90 Å². The Balaban J connectivity index is 1.68. The molecule has 1 aromatic carbocycles. The van der Waals surface area contributed by atoms with E-state index in [2.05, 4.69) is 17.1 Å². The summed E-state index contributed by atoms with van der Waals surface area (Å²) in [6.45, 7) is 3.82. The topological polar surface area (TPSA) is 77.0 Å². The molecule has 1 atom stereocenters. The van der Waals surface area contributed by atoms with Crippen molar-refractivity contribution >= 4 is 40.9 Å². The van der Waals surface area contributed by atoms with E-state index in [-0.39, 0.29) is 11.7 Å². The molecule has 1 aliphatic rings. The summed E-state index contributed by atoms with van der Waals surface area (Å²) in [5, 5.41) is 9.62. The lowest BCUT2D eigenvalue weighted by atomic mass is 10.0. The van der Waals surface area contributed by atoms with Gasteiger partial charge in [0.05, 0.1) is 10.8 Å². The van der Waals surface area contributed by atoms with Gasteiger partial charge in [-0.3, -0.25) is 4.79 Å². The standard InChI is InChI=1S/C16H19Cl2N5OS/c1-10-3-2-6-22(8-10)14(24)9-25-16-21-20-15(23(16)19)12-5-4-11(17)7-13(12)18/h4-5,7,10H,2-3,6,8-9,19H2,1H3/t10-/m1/s1. The molecule has 6 nitrogen and oxygen atoms in total. The van der Waals surface area contributed by atoms with Gasteiger partial charge in [-0.2, -0.15) is 0 Å². The van der Waals surface area contributed by atoms with Gasteiger partial charge in [0.25, 0.3) is 0 Å². The fourth-order valence-electron chi connectivity index (χ4n) is 2.86. The third-order valence-electron chi connectivity index (χ3n) is 4.17. The summed E-state index contributed by atoms with van der Waals surface area (Å²) in [7, 11) is 0. The summed E-state index contributed by atoms with van der Waals surface area (Å²) in [5.41, 5.74) is 0.643. The normalized spacial score (nSPS) is 17.7. The van der Waals surface area contributed by atoms with Crippen molar-refractivity contribution in [1.82, 2.24) is 19.8 Å². The fraction of sp³-hybridized carbons (Fsp3) is 0.438. The van der Waals surface area contributed by atoms with Crippen LogP contribution in [0.5, 0.6) is 0 Å². The first-order valence-corrected chi connectivity index (χ1v) is 9.76. The minimum Gasteiger partial charge on any atom is -0.342 e. The lowest BCUT2D eigenvalue weighted by Gasteiger charge is -2.30. The van der Waals surface area contributed by atoms with E-state index < -0.39 is 0 Å². The van der Waals surface area contributed by atoms with Crippen LogP contribution >= 0.6 is 35.0 Å². The molecule has 2 aromatic rings. The molecule has 1 aromatic heterocycles. The molecule has 0 radical (unpaired) electrons. The Morgan fingerprint density at radius 2 is 2.20 bits per heavy atom. The number of aromatic nitrogens is 3. The highest BCUT2D eigenvalue weighted by Crippen LogP contribution is 2.30. The number of carbonyl (C=O) groups is 1. The number of nitrogens with two attached hydrogens (primary N) is 1. The average Bonchev–Trinajstić information content (AvgIpc) is 2.93. The number of likely N-dealkylation sites (tertiary alicyclic amines) is 1. The molecule has 134 valence electrons. The third-order valence-corrected chi connectivity index (χ3v) is 5.65. The number of rotatable bonds is 4. The smallest absolute Gasteiger partial charge is 0.233 e. The molecule has 1 saturated heterocycles. The highest BCUT2D eigenvalue weighted by Gasteiger charge is 2.22. The van der Waals surface area contributed by atoms with Crippen molar-refractivity contribution in [3.8, 4) is 11.4 Å². The predicted octanol–water partition coefficient (Wildman–Crippen LogP) is 3.32. The Bertz CT molecular complexity index is 782. The highest BCUT2D eigenvalue weighted by molar-refractivity contribution is 7.99. The number of hydrogen-bond acceptors (Lipinski definition) is 5. The molecule has 0 saturated carbocycles. The largest absolute Gasteiger partial charge is 0.342 e. The second-order valence-electron chi connectivity index (χ2n) is 6.18. The second-order valence-corrected chi connectivity index (χ2v) is 7.96. The second kappa shape index (κ2) is 7.85. The Kier molecular flexibility index (Phi) is 5.76. The number of nitrogen functional groups attached to an aromatic ring is 1. The van der Waals surface area contributed by atoms with Gasteiger partial charge in [0, 0.05) is 23.7 Å². The molecule has 0 aliphatic carbocycles. The SMILES string of the molecule is C[C@@H]1CCCN(C(=O)CSc2nnc(-c3ccc(Cl)cc3Cl)n2N)C1. The van der Waals surface area contributed by atoms with E-state index in [0.717, 1.165) is 19.5 Å². The maximum atomic E-state index is 12.4. The number of hydrogen-bond donors (Lipinski definition) is 1. The highest BCUT2D eigenvalue weighted by atomic mass is 35.5. The number of amides is 1. The summed E-state index contributed by atoms with van der Waals surface area (Å²) in [6, 6.07) is 5.08. The first-order valence-electron chi connectivity index (χ1n) is 8.02. The predicted molar refractivity (Wildman–Crippen MR) is 101 cm³/mol. The van der Waals surface area contributed by atoms with Crippen LogP contribution in [0.1, 0.15) is 19.8 Å². The van der Waals surface area contributed by atoms with Gasteiger partial charge in [-0.05, 0) is 37.0 Å². The monoisotopic (exact) mass is 399 g/mol. The zero-order chi connectivity index (χ0) is 18.0. The number of carbonyl (C=O) groups excluding carboxylic acids is 1. The Hall–Kier alpha value is -1.44. The van der Waals surface area contributed by atoms with Gasteiger partial charge in [-0.1, -0.05) is 41.9 Å². The van der Waals surface area contributed by atoms with Crippen LogP contribution in [-0.4, -0.2) is 44.5 Å². The number of thioether (sulfide) groups is 1. The van der Waals surface area contributed by atoms with Crippen LogP contribution < -0.4 is 5.84 Å². The number of piperidine rings is 1. The van der Waals surface area contributed by atoms with Crippen molar-refractivity contribution in [2.75, 3.05) is 24.7 Å². The van der Waals surface area contributed by atoms with Gasteiger partial charge in [-0.25, -0.2) is 4.68 Å². The Labute approximate surface area is 160 Å². The van der Waals surface area contributed by atoms with Gasteiger partial charge in [0.1, 0.15) is 0 Å². The van der Waals surface area contributed by atoms with Gasteiger partial charge in [0.15, 0.2) is 5.82 Å². The minimum absolute atomic E-state index is 0.102. The van der Waals surface area contributed by atoms with E-state index in [1.54, 1.807) is 18.2 Å². The maximum Gasteiger partial charge on any atom is 0.233 e. The van der Waals surface area contributed by atoms with E-state index in [0.29, 0.717) is 32.5 Å². The van der Waals surface area contributed by atoms with E-state index in [9.17, 15) is 4.79 Å². The van der Waals surface area contributed by atoms with Crippen LogP contribution in [0.2, 0.25) is 10.0 Å². The first kappa shape index (κ1) is 18.4. The van der Waals surface area contributed by atoms with Gasteiger partial charge in [-0.15, -0.1) is 10.2 Å². The van der Waals surface area contributed by atoms with Crippen LogP contribution in [0.4, 0.5) is 0 Å². The molecule has 9 heteroatoms.